The highest BCUT2D eigenvalue weighted by Crippen LogP contribution is 2.15. The van der Waals surface area contributed by atoms with E-state index < -0.39 is 0 Å². The molecule has 2 aromatic heterocycles. The lowest BCUT2D eigenvalue weighted by atomic mass is 10.1. The van der Waals surface area contributed by atoms with E-state index in [-0.39, 0.29) is 17.2 Å². The van der Waals surface area contributed by atoms with Gasteiger partial charge in [-0.05, 0) is 30.3 Å². The number of nitrogens with one attached hydrogen (secondary N) is 1. The Kier molecular flexibility index (Phi) is 4.93. The maximum atomic E-state index is 12.9. The number of pyridine rings is 1. The van der Waals surface area contributed by atoms with Crippen LogP contribution in [0, 0.1) is 0 Å². The number of nitrogens with zero attached hydrogens (tertiary/aromatic N) is 3. The first kappa shape index (κ1) is 17.6. The van der Waals surface area contributed by atoms with Gasteiger partial charge in [0.2, 0.25) is 0 Å². The topological polar surface area (TPSA) is 76.9 Å². The minimum Gasteiger partial charge on any atom is -0.350 e. The molecule has 0 fully saturated rings. The van der Waals surface area contributed by atoms with Crippen LogP contribution in [-0.4, -0.2) is 27.2 Å². The molecule has 0 aliphatic rings. The van der Waals surface area contributed by atoms with Crippen molar-refractivity contribution >= 4 is 16.7 Å². The highest BCUT2D eigenvalue weighted by molar-refractivity contribution is 6.04. The SMILES string of the molecule is O=C(NCCc1ccccn1)c1nn(-c2ccccc2)c(=O)c2ccccc12. The average molecular weight is 370 g/mol. The number of amides is 1. The van der Waals surface area contributed by atoms with Crippen LogP contribution in [0.1, 0.15) is 16.2 Å². The molecule has 2 heterocycles. The highest BCUT2D eigenvalue weighted by atomic mass is 16.2. The summed E-state index contributed by atoms with van der Waals surface area (Å²) in [4.78, 5) is 29.9. The monoisotopic (exact) mass is 370 g/mol. The van der Waals surface area contributed by atoms with Gasteiger partial charge in [0.25, 0.3) is 11.5 Å². The van der Waals surface area contributed by atoms with E-state index in [4.69, 9.17) is 0 Å². The molecular formula is C22H18N4O2. The van der Waals surface area contributed by atoms with Crippen molar-refractivity contribution < 1.29 is 4.79 Å². The maximum absolute atomic E-state index is 12.9. The molecule has 2 aromatic carbocycles. The molecule has 0 saturated heterocycles. The van der Waals surface area contributed by atoms with Crippen LogP contribution in [0.3, 0.4) is 0 Å². The first-order valence-electron chi connectivity index (χ1n) is 8.99. The highest BCUT2D eigenvalue weighted by Gasteiger charge is 2.17. The molecule has 0 bridgehead atoms. The van der Waals surface area contributed by atoms with Crippen LogP contribution < -0.4 is 10.9 Å². The molecule has 0 radical (unpaired) electrons. The van der Waals surface area contributed by atoms with Gasteiger partial charge in [0.05, 0.1) is 11.1 Å². The van der Waals surface area contributed by atoms with E-state index in [9.17, 15) is 9.59 Å². The largest absolute Gasteiger partial charge is 0.350 e. The van der Waals surface area contributed by atoms with Crippen molar-refractivity contribution in [2.45, 2.75) is 6.42 Å². The van der Waals surface area contributed by atoms with Gasteiger partial charge in [0, 0.05) is 30.2 Å². The molecular weight excluding hydrogens is 352 g/mol. The third-order valence-corrected chi connectivity index (χ3v) is 4.41. The summed E-state index contributed by atoms with van der Waals surface area (Å²) in [6.45, 7) is 0.427. The smallest absolute Gasteiger partial charge is 0.279 e. The third kappa shape index (κ3) is 3.53. The molecule has 0 aliphatic carbocycles. The Morgan fingerprint density at radius 3 is 2.36 bits per heavy atom. The fraction of sp³-hybridized carbons (Fsp3) is 0.0909. The second kappa shape index (κ2) is 7.84. The van der Waals surface area contributed by atoms with Crippen molar-refractivity contribution in [3.8, 4) is 5.69 Å². The summed E-state index contributed by atoms with van der Waals surface area (Å²) in [6.07, 6.45) is 2.34. The van der Waals surface area contributed by atoms with Gasteiger partial charge in [-0.15, -0.1) is 0 Å². The summed E-state index contributed by atoms with van der Waals surface area (Å²) in [5.74, 6) is -0.322. The lowest BCUT2D eigenvalue weighted by Gasteiger charge is -2.11. The van der Waals surface area contributed by atoms with Gasteiger partial charge in [-0.1, -0.05) is 42.5 Å². The standard InChI is InChI=1S/C22H18N4O2/c27-21(24-15-13-16-8-6-7-14-23-16)20-18-11-4-5-12-19(18)22(28)26(25-20)17-9-2-1-3-10-17/h1-12,14H,13,15H2,(H,24,27). The van der Waals surface area contributed by atoms with Gasteiger partial charge < -0.3 is 5.32 Å². The molecule has 0 atom stereocenters. The molecule has 4 aromatic rings. The molecule has 0 saturated carbocycles. The Bertz CT molecular complexity index is 1170. The zero-order valence-corrected chi connectivity index (χ0v) is 15.1. The summed E-state index contributed by atoms with van der Waals surface area (Å²) >= 11 is 0. The van der Waals surface area contributed by atoms with Gasteiger partial charge in [0.15, 0.2) is 5.69 Å². The Labute approximate surface area is 161 Å². The molecule has 6 nitrogen and oxygen atoms in total. The normalized spacial score (nSPS) is 10.7. The zero-order chi connectivity index (χ0) is 19.3. The van der Waals surface area contributed by atoms with Crippen molar-refractivity contribution in [1.29, 1.82) is 0 Å². The minimum atomic E-state index is -0.322. The van der Waals surface area contributed by atoms with Crippen LogP contribution in [0.5, 0.6) is 0 Å². The predicted molar refractivity (Wildman–Crippen MR) is 108 cm³/mol. The summed E-state index contributed by atoms with van der Waals surface area (Å²) in [5, 5.41) is 8.25. The second-order valence-corrected chi connectivity index (χ2v) is 6.27. The van der Waals surface area contributed by atoms with Crippen molar-refractivity contribution in [2.24, 2.45) is 0 Å². The van der Waals surface area contributed by atoms with E-state index in [1.165, 1.54) is 4.68 Å². The number of hydrogen-bond donors (Lipinski definition) is 1. The van der Waals surface area contributed by atoms with Crippen molar-refractivity contribution in [3.05, 3.63) is 101 Å². The quantitative estimate of drug-likeness (QED) is 0.586. The van der Waals surface area contributed by atoms with Crippen LogP contribution in [0.2, 0.25) is 0 Å². The molecule has 6 heteroatoms. The van der Waals surface area contributed by atoms with E-state index in [1.807, 2.05) is 36.4 Å². The van der Waals surface area contributed by atoms with Crippen LogP contribution in [0.25, 0.3) is 16.5 Å². The van der Waals surface area contributed by atoms with Gasteiger partial charge >= 0.3 is 0 Å². The van der Waals surface area contributed by atoms with Gasteiger partial charge in [-0.25, -0.2) is 0 Å². The zero-order valence-electron chi connectivity index (χ0n) is 15.1. The van der Waals surface area contributed by atoms with Crippen LogP contribution in [0.4, 0.5) is 0 Å². The van der Waals surface area contributed by atoms with Crippen LogP contribution in [0.15, 0.2) is 83.8 Å². The molecule has 138 valence electrons. The molecule has 0 spiro atoms. The first-order valence-corrected chi connectivity index (χ1v) is 8.99. The summed E-state index contributed by atoms with van der Waals surface area (Å²) in [7, 11) is 0. The van der Waals surface area contributed by atoms with E-state index >= 15 is 0 Å². The van der Waals surface area contributed by atoms with Gasteiger partial charge in [-0.2, -0.15) is 9.78 Å². The summed E-state index contributed by atoms with van der Waals surface area (Å²) in [5.41, 5.74) is 1.47. The number of benzene rings is 2. The van der Waals surface area contributed by atoms with E-state index in [0.29, 0.717) is 29.4 Å². The van der Waals surface area contributed by atoms with E-state index in [2.05, 4.69) is 15.4 Å². The molecule has 0 aliphatic heterocycles. The molecule has 1 N–H and O–H groups in total. The van der Waals surface area contributed by atoms with Gasteiger partial charge in [0.1, 0.15) is 0 Å². The average Bonchev–Trinajstić information content (AvgIpc) is 2.75. The van der Waals surface area contributed by atoms with E-state index in [1.54, 1.807) is 42.6 Å². The Balaban J connectivity index is 1.68. The van der Waals surface area contributed by atoms with E-state index in [0.717, 1.165) is 5.69 Å². The Morgan fingerprint density at radius 1 is 0.893 bits per heavy atom. The second-order valence-electron chi connectivity index (χ2n) is 6.27. The Morgan fingerprint density at radius 2 is 1.61 bits per heavy atom. The first-order chi connectivity index (χ1) is 13.7. The molecule has 28 heavy (non-hydrogen) atoms. The Hall–Kier alpha value is -3.80. The lowest BCUT2D eigenvalue weighted by molar-refractivity contribution is 0.0949. The van der Waals surface area contributed by atoms with Gasteiger partial charge in [-0.3, -0.25) is 14.6 Å². The number of rotatable bonds is 5. The number of para-hydroxylation sites is 1. The minimum absolute atomic E-state index is 0.222. The van der Waals surface area contributed by atoms with Crippen LogP contribution >= 0.6 is 0 Å². The summed E-state index contributed by atoms with van der Waals surface area (Å²) in [6, 6.07) is 21.8. The van der Waals surface area contributed by atoms with Crippen LogP contribution in [-0.2, 0) is 6.42 Å². The molecule has 4 rings (SSSR count). The molecule has 0 unspecified atom stereocenters. The van der Waals surface area contributed by atoms with Crippen molar-refractivity contribution in [2.75, 3.05) is 6.54 Å². The number of hydrogen-bond acceptors (Lipinski definition) is 4. The number of carbonyl (C=O) groups excluding carboxylic acids is 1. The maximum Gasteiger partial charge on any atom is 0.279 e. The molecule has 1 amide bonds. The van der Waals surface area contributed by atoms with Crippen molar-refractivity contribution in [1.82, 2.24) is 20.1 Å². The third-order valence-electron chi connectivity index (χ3n) is 4.41. The predicted octanol–water partition coefficient (Wildman–Crippen LogP) is 2.75. The fourth-order valence-electron chi connectivity index (χ4n) is 3.04. The van der Waals surface area contributed by atoms with Crippen molar-refractivity contribution in [3.63, 3.8) is 0 Å². The number of aromatic nitrogens is 3. The summed E-state index contributed by atoms with van der Waals surface area (Å²) < 4.78 is 1.27. The fourth-order valence-corrected chi connectivity index (χ4v) is 3.04. The number of carbonyl (C=O) groups is 1. The number of fused-ring (bicyclic) bond motifs is 1. The lowest BCUT2D eigenvalue weighted by Crippen LogP contribution is -2.31.